The molecule has 0 aliphatic carbocycles. The van der Waals surface area contributed by atoms with E-state index in [1.807, 2.05) is 74.5 Å². The van der Waals surface area contributed by atoms with Gasteiger partial charge in [-0.1, -0.05) is 110 Å². The van der Waals surface area contributed by atoms with Crippen LogP contribution in [0.25, 0.3) is 21.7 Å². The molecule has 113 heavy (non-hydrogen) atoms. The summed E-state index contributed by atoms with van der Waals surface area (Å²) in [7, 11) is 0. The van der Waals surface area contributed by atoms with E-state index in [9.17, 15) is 43.8 Å². The molecular weight excluding hydrogens is 1470 g/mol. The van der Waals surface area contributed by atoms with Crippen LogP contribution in [0.2, 0.25) is 5.02 Å². The van der Waals surface area contributed by atoms with Gasteiger partial charge in [0, 0.05) is 101 Å². The summed E-state index contributed by atoms with van der Waals surface area (Å²) in [4.78, 5) is 172. The van der Waals surface area contributed by atoms with Crippen LogP contribution in [0.15, 0.2) is 131 Å². The van der Waals surface area contributed by atoms with Crippen molar-refractivity contribution in [1.82, 2.24) is 79.0 Å². The molecule has 5 aromatic carbocycles. The van der Waals surface area contributed by atoms with Crippen molar-refractivity contribution in [2.24, 2.45) is 21.6 Å². The van der Waals surface area contributed by atoms with Gasteiger partial charge in [-0.2, -0.15) is 0 Å². The summed E-state index contributed by atoms with van der Waals surface area (Å²) < 4.78 is 0. The molecule has 10 atom stereocenters. The first-order valence-electron chi connectivity index (χ1n) is 38.9. The highest BCUT2D eigenvalue weighted by Crippen LogP contribution is 2.24. The summed E-state index contributed by atoms with van der Waals surface area (Å²) in [5.74, 6) is -7.46. The first kappa shape index (κ1) is 85.7. The lowest BCUT2D eigenvalue weighted by Crippen LogP contribution is -2.61. The summed E-state index contributed by atoms with van der Waals surface area (Å²) in [6.07, 6.45) is 5.55. The number of aliphatic hydroxyl groups is 1. The van der Waals surface area contributed by atoms with Gasteiger partial charge < -0.3 is 94.9 Å². The van der Waals surface area contributed by atoms with E-state index in [0.717, 1.165) is 42.3 Å². The number of aliphatic hydroxyl groups excluding tert-OH is 1. The Hall–Kier alpha value is -11.3. The van der Waals surface area contributed by atoms with E-state index in [1.165, 1.54) is 43.0 Å². The fourth-order valence-corrected chi connectivity index (χ4v) is 13.9. The van der Waals surface area contributed by atoms with Crippen LogP contribution < -0.4 is 74.9 Å². The minimum Gasteiger partial charge on any atom is -0.508 e. The maximum atomic E-state index is 15.2. The van der Waals surface area contributed by atoms with Gasteiger partial charge in [-0.25, -0.2) is 0 Å². The summed E-state index contributed by atoms with van der Waals surface area (Å²) >= 11 is 6.30. The van der Waals surface area contributed by atoms with Gasteiger partial charge in [0.25, 0.3) is 0 Å². The quantitative estimate of drug-likeness (QED) is 0.0245. The number of amides is 11. The molecule has 0 spiro atoms. The van der Waals surface area contributed by atoms with E-state index in [1.54, 1.807) is 36.5 Å². The van der Waals surface area contributed by atoms with E-state index >= 15 is 19.2 Å². The van der Waals surface area contributed by atoms with Gasteiger partial charge in [0.05, 0.1) is 6.61 Å². The monoisotopic (exact) mass is 1570 g/mol. The fourth-order valence-electron chi connectivity index (χ4n) is 13.8. The number of carbonyl (C=O) groups excluding carboxylic acids is 11. The van der Waals surface area contributed by atoms with Gasteiger partial charge in [-0.15, -0.1) is 0 Å². The van der Waals surface area contributed by atoms with Gasteiger partial charge in [0.2, 0.25) is 65.0 Å². The minimum atomic E-state index is -1.82. The van der Waals surface area contributed by atoms with Crippen LogP contribution in [0, 0.1) is 5.92 Å². The average Bonchev–Trinajstić information content (AvgIpc) is 1.74. The summed E-state index contributed by atoms with van der Waals surface area (Å²) in [5.41, 5.74) is 8.44. The molecule has 11 amide bonds. The van der Waals surface area contributed by atoms with Gasteiger partial charge in [-0.05, 0) is 147 Å². The molecule has 1 fully saturated rings. The molecule has 6 aromatic rings. The number of halogens is 1. The number of phenolic OH excluding ortho intramolecular Hbond substituents is 1. The predicted molar refractivity (Wildman–Crippen MR) is 429 cm³/mol. The van der Waals surface area contributed by atoms with Crippen molar-refractivity contribution < 1.29 is 63.0 Å². The number of hydrogen-bond donors (Lipinski definition) is 17. The van der Waals surface area contributed by atoms with Crippen molar-refractivity contribution in [3.05, 3.63) is 149 Å². The number of carbonyl (C=O) groups is 11. The molecule has 18 N–H and O–H groups in total. The molecule has 31 nitrogen and oxygen atoms in total. The molecule has 32 heteroatoms. The zero-order chi connectivity index (χ0) is 80.9. The predicted octanol–water partition coefficient (Wildman–Crippen LogP) is 2.09. The molecule has 9 rings (SSSR count). The number of fused-ring (bicyclic) bond motifs is 2. The number of nitrogens with one attached hydrogen (secondary N) is 14. The molecule has 606 valence electrons. The second-order valence-electron chi connectivity index (χ2n) is 29.3. The van der Waals surface area contributed by atoms with Crippen LogP contribution in [0.1, 0.15) is 121 Å². The Balaban J connectivity index is 0.960. The molecule has 0 saturated carbocycles. The molecule has 0 bridgehead atoms. The summed E-state index contributed by atoms with van der Waals surface area (Å²) in [5, 5.41) is 62.3. The summed E-state index contributed by atoms with van der Waals surface area (Å²) in [6, 6.07) is 19.5. The van der Waals surface area contributed by atoms with Crippen LogP contribution in [0.4, 0.5) is 0 Å². The fraction of sp³-hybridized carbons (Fsp3) is 0.469. The van der Waals surface area contributed by atoms with Gasteiger partial charge in [0.1, 0.15) is 66.2 Å². The SMILES string of the molecule is CC(=O)N[C@H](Cc1ccc2ccccc2c1)C(=O)N[C@H](Cc1ccc(Cl)cc1)C(=O)N[C@H](Cc1c[nH]c2ccccc12)C(=O)N[C@@H](CO)C(=O)N[C@@H](Cc1ccc(O)cc1)C(=O)N[C@H](CCCCNC1=NCCCN1)C(=O)N[C@@H](CC(C)C)C(=O)N[C@H](CCCCNC1=NCCCN1)C(=O)N1CCC[C@H]1C(=O)N[C@H](C)C(N)=O. The van der Waals surface area contributed by atoms with Crippen LogP contribution >= 0.6 is 11.6 Å². The van der Waals surface area contributed by atoms with Crippen molar-refractivity contribution in [2.45, 2.75) is 184 Å². The molecule has 3 aliphatic heterocycles. The Bertz CT molecular complexity index is 4350. The number of hydrogen-bond acceptors (Lipinski definition) is 19. The van der Waals surface area contributed by atoms with E-state index in [2.05, 4.69) is 84.1 Å². The van der Waals surface area contributed by atoms with Gasteiger partial charge >= 0.3 is 0 Å². The van der Waals surface area contributed by atoms with Crippen LogP contribution in [0.3, 0.4) is 0 Å². The normalized spacial score (nSPS) is 16.4. The van der Waals surface area contributed by atoms with E-state index in [4.69, 9.17) is 17.3 Å². The van der Waals surface area contributed by atoms with Crippen LogP contribution in [0.5, 0.6) is 5.75 Å². The number of primary amides is 1. The zero-order valence-electron chi connectivity index (χ0n) is 64.3. The smallest absolute Gasteiger partial charge is 0.245 e. The van der Waals surface area contributed by atoms with Crippen molar-refractivity contribution in [3.8, 4) is 5.75 Å². The molecule has 1 saturated heterocycles. The molecule has 3 aliphatic rings. The third-order valence-corrected chi connectivity index (χ3v) is 20.2. The largest absolute Gasteiger partial charge is 0.508 e. The topological polar surface area (TPSA) is 454 Å². The lowest BCUT2D eigenvalue weighted by atomic mass is 9.99. The number of nitrogens with zero attached hydrogens (tertiary/aromatic N) is 3. The van der Waals surface area contributed by atoms with E-state index in [-0.39, 0.29) is 69.6 Å². The molecular formula is C81H107ClN18O13. The number of para-hydroxylation sites is 1. The van der Waals surface area contributed by atoms with E-state index < -0.39 is 132 Å². The maximum absolute atomic E-state index is 15.2. The minimum absolute atomic E-state index is 0.0107. The van der Waals surface area contributed by atoms with Crippen molar-refractivity contribution in [1.29, 1.82) is 0 Å². The van der Waals surface area contributed by atoms with Crippen LogP contribution in [-0.2, 0) is 78.4 Å². The Labute approximate surface area is 661 Å². The third kappa shape index (κ3) is 26.4. The van der Waals surface area contributed by atoms with Crippen molar-refractivity contribution in [3.63, 3.8) is 0 Å². The number of aromatic nitrogens is 1. The standard InChI is InChI=1S/C81H107ClN18O13/c1-48(2)40-63(72(106)94-62(21-10-12-34-85-81-88-37-15-38-89-81)79(113)100-39-13-22-69(100)78(112)91-49(3)70(83)104)95-71(105)61(20-9-11-33-84-80-86-35-14-36-87-80)93-74(108)65(43-52-26-31-58(103)32-27-52)97-77(111)68(47-101)99-76(110)67(45-56-46-90-60-19-8-7-18-59(56)60)98-75(109)66(42-51-24-29-57(82)30-25-51)96-73(107)64(92-50(4)102)44-53-23-28-54-16-5-6-17-55(54)41-53/h5-8,16-19,23-32,41,46,48-49,61-69,90,101,103H,9-15,20-22,33-40,42-45,47H2,1-4H3,(H2,83,104)(H,91,112)(H,92,102)(H,93,108)(H,94,106)(H,95,105)(H,96,107)(H,97,111)(H,98,109)(H,99,110)(H2,84,86,87)(H2,85,88,89)/t49-,61-,62-,63+,64-,65+,66-,67-,68+,69+/m1/s1. The number of likely N-dealkylation sites (tertiary alicyclic amines) is 1. The highest BCUT2D eigenvalue weighted by atomic mass is 35.5. The number of guanidine groups is 2. The van der Waals surface area contributed by atoms with Gasteiger partial charge in [-0.3, -0.25) is 62.7 Å². The molecule has 1 aromatic heterocycles. The number of phenols is 1. The second kappa shape index (κ2) is 42.9. The first-order chi connectivity index (χ1) is 54.4. The van der Waals surface area contributed by atoms with E-state index in [0.29, 0.717) is 103 Å². The van der Waals surface area contributed by atoms with Gasteiger partial charge in [0.15, 0.2) is 11.9 Å². The van der Waals surface area contributed by atoms with Crippen molar-refractivity contribution >= 4 is 110 Å². The van der Waals surface area contributed by atoms with Crippen LogP contribution in [-0.4, -0.2) is 210 Å². The second-order valence-corrected chi connectivity index (χ2v) is 29.8. The number of aliphatic imine (C=N–C) groups is 2. The Morgan fingerprint density at radius 3 is 1.60 bits per heavy atom. The third-order valence-electron chi connectivity index (χ3n) is 19.9. The lowest BCUT2D eigenvalue weighted by Gasteiger charge is -2.31. The molecule has 4 heterocycles. The number of benzene rings is 5. The molecule has 0 radical (unpaired) electrons. The highest BCUT2D eigenvalue weighted by molar-refractivity contribution is 6.30. The number of aromatic hydroxyl groups is 1. The number of H-pyrrole nitrogens is 1. The molecule has 0 unspecified atom stereocenters. The maximum Gasteiger partial charge on any atom is 0.245 e. The first-order valence-corrected chi connectivity index (χ1v) is 39.3. The number of rotatable bonds is 40. The summed E-state index contributed by atoms with van der Waals surface area (Å²) in [6.45, 7) is 9.24. The lowest BCUT2D eigenvalue weighted by molar-refractivity contribution is -0.142. The Morgan fingerprint density at radius 2 is 1.03 bits per heavy atom. The average molecular weight is 1580 g/mol. The Morgan fingerprint density at radius 1 is 0.540 bits per heavy atom. The number of unbranched alkanes of at least 4 members (excludes halogenated alkanes) is 2. The number of nitrogens with two attached hydrogens (primary N) is 1. The highest BCUT2D eigenvalue weighted by Gasteiger charge is 2.41. The Kier molecular flexibility index (Phi) is 32.5. The van der Waals surface area contributed by atoms with Crippen molar-refractivity contribution in [2.75, 3.05) is 52.4 Å². The number of aromatic amines is 1. The zero-order valence-corrected chi connectivity index (χ0v) is 65.1.